The van der Waals surface area contributed by atoms with Crippen molar-refractivity contribution in [2.24, 2.45) is 11.0 Å². The summed E-state index contributed by atoms with van der Waals surface area (Å²) in [6.45, 7) is 0. The number of fused-ring (bicyclic) bond motifs is 1. The molecule has 1 N–H and O–H groups in total. The van der Waals surface area contributed by atoms with Crippen molar-refractivity contribution in [3.05, 3.63) is 51.5 Å². The number of benzene rings is 1. The standard InChI is InChI=1S/C15H15N3OS/c19-14-12-8-4-5-9-13(12)17-15(20)18(14)16-10-11-6-2-1-3-7-11/h1-2,4-5,8-11H,3,6-7H2,(H,17,20)/b16-10-/t11-/m1/s1. The highest BCUT2D eigenvalue weighted by molar-refractivity contribution is 7.71. The lowest BCUT2D eigenvalue weighted by Crippen LogP contribution is -2.19. The number of H-pyrrole nitrogens is 1. The van der Waals surface area contributed by atoms with E-state index < -0.39 is 0 Å². The van der Waals surface area contributed by atoms with Gasteiger partial charge in [-0.1, -0.05) is 24.3 Å². The Hall–Kier alpha value is -2.01. The van der Waals surface area contributed by atoms with Crippen LogP contribution in [0.2, 0.25) is 0 Å². The first-order chi connectivity index (χ1) is 9.75. The van der Waals surface area contributed by atoms with Crippen molar-refractivity contribution < 1.29 is 0 Å². The number of hydrogen-bond donors (Lipinski definition) is 1. The zero-order valence-electron chi connectivity index (χ0n) is 11.0. The molecule has 1 heterocycles. The maximum absolute atomic E-state index is 12.4. The van der Waals surface area contributed by atoms with Gasteiger partial charge in [-0.2, -0.15) is 9.78 Å². The fourth-order valence-electron chi connectivity index (χ4n) is 2.37. The Bertz CT molecular complexity index is 801. The van der Waals surface area contributed by atoms with Crippen LogP contribution in [0, 0.1) is 10.7 Å². The Kier molecular flexibility index (Phi) is 3.60. The molecule has 0 amide bonds. The smallest absolute Gasteiger partial charge is 0.282 e. The lowest BCUT2D eigenvalue weighted by atomic mass is 9.96. The van der Waals surface area contributed by atoms with Gasteiger partial charge < -0.3 is 4.98 Å². The predicted molar refractivity (Wildman–Crippen MR) is 83.8 cm³/mol. The van der Waals surface area contributed by atoms with Crippen LogP contribution in [0.25, 0.3) is 10.9 Å². The molecular formula is C15H15N3OS. The van der Waals surface area contributed by atoms with Gasteiger partial charge in [-0.15, -0.1) is 0 Å². The molecule has 0 aliphatic heterocycles. The molecule has 0 unspecified atom stereocenters. The van der Waals surface area contributed by atoms with Crippen LogP contribution in [-0.4, -0.2) is 15.9 Å². The molecule has 3 rings (SSSR count). The van der Waals surface area contributed by atoms with Gasteiger partial charge in [0.1, 0.15) is 0 Å². The maximum atomic E-state index is 12.4. The van der Waals surface area contributed by atoms with E-state index in [0.717, 1.165) is 24.8 Å². The molecule has 1 aliphatic carbocycles. The minimum atomic E-state index is -0.174. The van der Waals surface area contributed by atoms with Gasteiger partial charge in [0.25, 0.3) is 5.56 Å². The first-order valence-corrected chi connectivity index (χ1v) is 7.10. The molecule has 1 aromatic carbocycles. The summed E-state index contributed by atoms with van der Waals surface area (Å²) in [7, 11) is 0. The molecule has 1 aliphatic rings. The summed E-state index contributed by atoms with van der Waals surface area (Å²) in [6, 6.07) is 7.32. The molecule has 0 radical (unpaired) electrons. The van der Waals surface area contributed by atoms with Crippen LogP contribution in [0.15, 0.2) is 46.3 Å². The van der Waals surface area contributed by atoms with Crippen molar-refractivity contribution in [1.29, 1.82) is 0 Å². The summed E-state index contributed by atoms with van der Waals surface area (Å²) in [6.07, 6.45) is 9.28. The van der Waals surface area contributed by atoms with Crippen molar-refractivity contribution >= 4 is 29.3 Å². The Labute approximate surface area is 121 Å². The number of para-hydroxylation sites is 1. The number of aromatic nitrogens is 2. The average Bonchev–Trinajstić information content (AvgIpc) is 2.48. The van der Waals surface area contributed by atoms with Gasteiger partial charge in [-0.25, -0.2) is 0 Å². The van der Waals surface area contributed by atoms with Crippen LogP contribution in [0.5, 0.6) is 0 Å². The second-order valence-electron chi connectivity index (χ2n) is 4.90. The van der Waals surface area contributed by atoms with Crippen molar-refractivity contribution in [2.75, 3.05) is 0 Å². The molecule has 0 saturated carbocycles. The highest BCUT2D eigenvalue weighted by atomic mass is 32.1. The summed E-state index contributed by atoms with van der Waals surface area (Å²) >= 11 is 5.21. The molecule has 1 aromatic heterocycles. The number of rotatable bonds is 2. The number of nitrogens with one attached hydrogen (secondary N) is 1. The molecule has 0 spiro atoms. The van der Waals surface area contributed by atoms with E-state index in [1.165, 1.54) is 4.68 Å². The number of hydrogen-bond acceptors (Lipinski definition) is 3. The normalized spacial score (nSPS) is 18.9. The molecule has 5 heteroatoms. The average molecular weight is 285 g/mol. The van der Waals surface area contributed by atoms with Gasteiger partial charge >= 0.3 is 0 Å². The molecule has 1 atom stereocenters. The van der Waals surface area contributed by atoms with E-state index in [9.17, 15) is 4.79 Å². The van der Waals surface area contributed by atoms with Gasteiger partial charge in [0, 0.05) is 6.21 Å². The molecule has 20 heavy (non-hydrogen) atoms. The summed E-state index contributed by atoms with van der Waals surface area (Å²) in [5.41, 5.74) is 0.571. The minimum Gasteiger partial charge on any atom is -0.330 e. The van der Waals surface area contributed by atoms with E-state index in [2.05, 4.69) is 22.2 Å². The zero-order valence-corrected chi connectivity index (χ0v) is 11.8. The SMILES string of the molecule is O=c1c2ccccc2[nH]c(=S)n1/N=C\[C@@H]1CC=CCC1. The molecule has 102 valence electrons. The highest BCUT2D eigenvalue weighted by Crippen LogP contribution is 2.15. The number of aromatic amines is 1. The lowest BCUT2D eigenvalue weighted by Gasteiger charge is -2.12. The van der Waals surface area contributed by atoms with Crippen molar-refractivity contribution in [1.82, 2.24) is 9.66 Å². The summed E-state index contributed by atoms with van der Waals surface area (Å²) in [5, 5.41) is 4.89. The summed E-state index contributed by atoms with van der Waals surface area (Å²) in [4.78, 5) is 15.4. The molecule has 0 bridgehead atoms. The summed E-state index contributed by atoms with van der Waals surface area (Å²) in [5.74, 6) is 0.382. The van der Waals surface area contributed by atoms with Crippen molar-refractivity contribution in [3.63, 3.8) is 0 Å². The maximum Gasteiger partial charge on any atom is 0.282 e. The van der Waals surface area contributed by atoms with Crippen LogP contribution in [-0.2, 0) is 0 Å². The molecule has 4 nitrogen and oxygen atoms in total. The number of allylic oxidation sites excluding steroid dienone is 2. The second kappa shape index (κ2) is 5.54. The fourth-order valence-corrected chi connectivity index (χ4v) is 2.61. The van der Waals surface area contributed by atoms with Crippen LogP contribution in [0.3, 0.4) is 0 Å². The monoisotopic (exact) mass is 285 g/mol. The molecular weight excluding hydrogens is 270 g/mol. The largest absolute Gasteiger partial charge is 0.330 e. The fraction of sp³-hybridized carbons (Fsp3) is 0.267. The van der Waals surface area contributed by atoms with Crippen LogP contribution < -0.4 is 5.56 Å². The van der Waals surface area contributed by atoms with E-state index in [1.807, 2.05) is 24.4 Å². The molecule has 0 saturated heterocycles. The van der Waals surface area contributed by atoms with Gasteiger partial charge in [-0.3, -0.25) is 4.79 Å². The third-order valence-electron chi connectivity index (χ3n) is 3.49. The molecule has 0 fully saturated rings. The van der Waals surface area contributed by atoms with E-state index in [4.69, 9.17) is 12.2 Å². The second-order valence-corrected chi connectivity index (χ2v) is 5.29. The summed E-state index contributed by atoms with van der Waals surface area (Å²) < 4.78 is 1.60. The predicted octanol–water partition coefficient (Wildman–Crippen LogP) is 3.25. The van der Waals surface area contributed by atoms with E-state index in [1.54, 1.807) is 6.07 Å². The van der Waals surface area contributed by atoms with E-state index in [0.29, 0.717) is 16.1 Å². The third kappa shape index (κ3) is 2.49. The quantitative estimate of drug-likeness (QED) is 0.523. The molecule has 2 aromatic rings. The minimum absolute atomic E-state index is 0.174. The topological polar surface area (TPSA) is 50.1 Å². The Morgan fingerprint density at radius 1 is 1.35 bits per heavy atom. The van der Waals surface area contributed by atoms with Crippen LogP contribution in [0.1, 0.15) is 19.3 Å². The van der Waals surface area contributed by atoms with Gasteiger partial charge in [0.05, 0.1) is 10.9 Å². The first kappa shape index (κ1) is 13.0. The Morgan fingerprint density at radius 3 is 3.00 bits per heavy atom. The lowest BCUT2D eigenvalue weighted by molar-refractivity contribution is 0.620. The highest BCUT2D eigenvalue weighted by Gasteiger charge is 2.08. The number of nitrogens with zero attached hydrogens (tertiary/aromatic N) is 2. The Balaban J connectivity index is 2.03. The van der Waals surface area contributed by atoms with Crippen molar-refractivity contribution in [3.8, 4) is 0 Å². The van der Waals surface area contributed by atoms with Gasteiger partial charge in [-0.05, 0) is 49.5 Å². The third-order valence-corrected chi connectivity index (χ3v) is 3.76. The van der Waals surface area contributed by atoms with E-state index in [-0.39, 0.29) is 5.56 Å². The van der Waals surface area contributed by atoms with Crippen molar-refractivity contribution in [2.45, 2.75) is 19.3 Å². The van der Waals surface area contributed by atoms with Gasteiger partial charge in [0.2, 0.25) is 4.77 Å². The van der Waals surface area contributed by atoms with Crippen LogP contribution in [0.4, 0.5) is 0 Å². The zero-order chi connectivity index (χ0) is 13.9. The van der Waals surface area contributed by atoms with Crippen LogP contribution >= 0.6 is 12.2 Å². The van der Waals surface area contributed by atoms with Gasteiger partial charge in [0.15, 0.2) is 0 Å². The Morgan fingerprint density at radius 2 is 2.20 bits per heavy atom. The first-order valence-electron chi connectivity index (χ1n) is 6.69. The van der Waals surface area contributed by atoms with E-state index >= 15 is 0 Å².